The molecule has 0 amide bonds. The van der Waals surface area contributed by atoms with Gasteiger partial charge in [0.2, 0.25) is 0 Å². The monoisotopic (exact) mass is 292 g/mol. The van der Waals surface area contributed by atoms with Gasteiger partial charge in [0.15, 0.2) is 0 Å². The van der Waals surface area contributed by atoms with Crippen LogP contribution in [0.3, 0.4) is 0 Å². The van der Waals surface area contributed by atoms with Gasteiger partial charge >= 0.3 is 0 Å². The van der Waals surface area contributed by atoms with Gasteiger partial charge in [-0.1, -0.05) is 32.9 Å². The number of benzene rings is 1. The fourth-order valence-corrected chi connectivity index (χ4v) is 2.74. The molecule has 0 spiro atoms. The van der Waals surface area contributed by atoms with Crippen LogP contribution in [-0.2, 0) is 18.4 Å². The van der Waals surface area contributed by atoms with Gasteiger partial charge in [0.1, 0.15) is 5.82 Å². The molecule has 1 aromatic heterocycles. The summed E-state index contributed by atoms with van der Waals surface area (Å²) in [6.07, 6.45) is 0.899. The average molecular weight is 292 g/mol. The van der Waals surface area contributed by atoms with Crippen molar-refractivity contribution >= 4 is 11.3 Å². The van der Waals surface area contributed by atoms with E-state index in [-0.39, 0.29) is 11.2 Å². The molecule has 2 nitrogen and oxygen atoms in total. The second-order valence-electron chi connectivity index (χ2n) is 5.95. The van der Waals surface area contributed by atoms with Gasteiger partial charge in [-0.3, -0.25) is 0 Å². The third-order valence-electron chi connectivity index (χ3n) is 3.00. The van der Waals surface area contributed by atoms with Gasteiger partial charge in [-0.15, -0.1) is 11.3 Å². The van der Waals surface area contributed by atoms with E-state index in [1.54, 1.807) is 11.3 Å². The fourth-order valence-electron chi connectivity index (χ4n) is 1.83. The molecule has 1 heterocycles. The number of nitrogens with one attached hydrogen (secondary N) is 1. The van der Waals surface area contributed by atoms with E-state index in [9.17, 15) is 4.39 Å². The number of rotatable bonds is 5. The quantitative estimate of drug-likeness (QED) is 0.845. The van der Waals surface area contributed by atoms with Crippen LogP contribution in [0.25, 0.3) is 0 Å². The molecule has 2 aromatic rings. The summed E-state index contributed by atoms with van der Waals surface area (Å²) in [6.45, 7) is 8.19. The predicted molar refractivity (Wildman–Crippen MR) is 82.6 cm³/mol. The van der Waals surface area contributed by atoms with Crippen LogP contribution in [0.4, 0.5) is 4.39 Å². The number of nitrogens with zero attached hydrogens (tertiary/aromatic N) is 1. The Balaban J connectivity index is 1.76. The minimum Gasteiger partial charge on any atom is -0.311 e. The maximum Gasteiger partial charge on any atom is 0.123 e. The maximum absolute atomic E-state index is 12.8. The predicted octanol–water partition coefficient (Wildman–Crippen LogP) is 3.91. The highest BCUT2D eigenvalue weighted by Gasteiger charge is 2.17. The average Bonchev–Trinajstić information content (AvgIpc) is 2.85. The van der Waals surface area contributed by atoms with Crippen molar-refractivity contribution in [2.45, 2.75) is 39.2 Å². The summed E-state index contributed by atoms with van der Waals surface area (Å²) in [6, 6.07) is 6.67. The van der Waals surface area contributed by atoms with E-state index in [1.807, 2.05) is 12.1 Å². The Morgan fingerprint density at radius 3 is 2.50 bits per heavy atom. The van der Waals surface area contributed by atoms with Crippen LogP contribution >= 0.6 is 11.3 Å². The Kier molecular flexibility index (Phi) is 4.89. The minimum atomic E-state index is -0.182. The first-order valence-corrected chi connectivity index (χ1v) is 7.73. The van der Waals surface area contributed by atoms with Crippen molar-refractivity contribution in [3.63, 3.8) is 0 Å². The molecule has 0 radical (unpaired) electrons. The van der Waals surface area contributed by atoms with Crippen molar-refractivity contribution in [3.05, 3.63) is 51.7 Å². The first-order valence-electron chi connectivity index (χ1n) is 6.85. The van der Waals surface area contributed by atoms with Gasteiger partial charge in [-0.25, -0.2) is 9.37 Å². The summed E-state index contributed by atoms with van der Waals surface area (Å²) < 4.78 is 12.8. The van der Waals surface area contributed by atoms with E-state index in [4.69, 9.17) is 0 Å². The first kappa shape index (κ1) is 15.1. The summed E-state index contributed by atoms with van der Waals surface area (Å²) in [5.41, 5.74) is 2.36. The molecule has 4 heteroatoms. The Morgan fingerprint density at radius 2 is 1.90 bits per heavy atom. The summed E-state index contributed by atoms with van der Waals surface area (Å²) in [4.78, 5) is 4.64. The second kappa shape index (κ2) is 6.46. The first-order chi connectivity index (χ1) is 9.45. The van der Waals surface area contributed by atoms with Crippen LogP contribution in [0.2, 0.25) is 0 Å². The van der Waals surface area contributed by atoms with E-state index < -0.39 is 0 Å². The van der Waals surface area contributed by atoms with Gasteiger partial charge in [-0.05, 0) is 30.7 Å². The standard InChI is InChI=1S/C16H21FN2S/c1-16(2,3)15-19-14(11-20-15)10-18-9-8-12-4-6-13(17)7-5-12/h4-7,11,18H,8-10H2,1-3H3. The number of hydrogen-bond acceptors (Lipinski definition) is 3. The lowest BCUT2D eigenvalue weighted by Crippen LogP contribution is -2.17. The van der Waals surface area contributed by atoms with Crippen molar-refractivity contribution in [2.24, 2.45) is 0 Å². The van der Waals surface area contributed by atoms with E-state index in [1.165, 1.54) is 17.1 Å². The van der Waals surface area contributed by atoms with Crippen LogP contribution in [0.1, 0.15) is 37.0 Å². The number of hydrogen-bond donors (Lipinski definition) is 1. The van der Waals surface area contributed by atoms with Crippen LogP contribution in [0.5, 0.6) is 0 Å². The summed E-state index contributed by atoms with van der Waals surface area (Å²) in [5, 5.41) is 6.67. The maximum atomic E-state index is 12.8. The van der Waals surface area contributed by atoms with E-state index >= 15 is 0 Å². The van der Waals surface area contributed by atoms with Crippen LogP contribution in [-0.4, -0.2) is 11.5 Å². The molecule has 1 aromatic carbocycles. The second-order valence-corrected chi connectivity index (χ2v) is 6.81. The molecule has 2 rings (SSSR count). The zero-order chi connectivity index (χ0) is 14.6. The SMILES string of the molecule is CC(C)(C)c1nc(CNCCc2ccc(F)cc2)cs1. The third kappa shape index (κ3) is 4.39. The van der Waals surface area contributed by atoms with Crippen molar-refractivity contribution in [1.29, 1.82) is 0 Å². The smallest absolute Gasteiger partial charge is 0.123 e. The Labute approximate surface area is 124 Å². The van der Waals surface area contributed by atoms with Crippen molar-refractivity contribution in [3.8, 4) is 0 Å². The molecule has 0 aliphatic rings. The van der Waals surface area contributed by atoms with Crippen LogP contribution < -0.4 is 5.32 Å². The highest BCUT2D eigenvalue weighted by Crippen LogP contribution is 2.25. The third-order valence-corrected chi connectivity index (χ3v) is 4.32. The summed E-state index contributed by atoms with van der Waals surface area (Å²) in [5.74, 6) is -0.182. The van der Waals surface area contributed by atoms with E-state index in [0.29, 0.717) is 0 Å². The number of thiazole rings is 1. The largest absolute Gasteiger partial charge is 0.311 e. The van der Waals surface area contributed by atoms with E-state index in [2.05, 4.69) is 36.5 Å². The highest BCUT2D eigenvalue weighted by atomic mass is 32.1. The van der Waals surface area contributed by atoms with Crippen LogP contribution in [0, 0.1) is 5.82 Å². The molecule has 0 unspecified atom stereocenters. The van der Waals surface area contributed by atoms with E-state index in [0.717, 1.165) is 30.8 Å². The molecule has 108 valence electrons. The van der Waals surface area contributed by atoms with Crippen molar-refractivity contribution in [2.75, 3.05) is 6.54 Å². The van der Waals surface area contributed by atoms with Crippen molar-refractivity contribution in [1.82, 2.24) is 10.3 Å². The molecule has 0 atom stereocenters. The molecule has 0 fully saturated rings. The lowest BCUT2D eigenvalue weighted by Gasteiger charge is -2.13. The molecule has 0 saturated carbocycles. The Hall–Kier alpha value is -1.26. The zero-order valence-electron chi connectivity index (χ0n) is 12.2. The molecule has 1 N–H and O–H groups in total. The topological polar surface area (TPSA) is 24.9 Å². The summed E-state index contributed by atoms with van der Waals surface area (Å²) in [7, 11) is 0. The zero-order valence-corrected chi connectivity index (χ0v) is 13.1. The van der Waals surface area contributed by atoms with Crippen LogP contribution in [0.15, 0.2) is 29.6 Å². The molecule has 0 aliphatic heterocycles. The fraction of sp³-hybridized carbons (Fsp3) is 0.438. The molecular formula is C16H21FN2S. The lowest BCUT2D eigenvalue weighted by molar-refractivity contribution is 0.579. The van der Waals surface area contributed by atoms with Gasteiger partial charge < -0.3 is 5.32 Å². The molecule has 0 aliphatic carbocycles. The van der Waals surface area contributed by atoms with Crippen molar-refractivity contribution < 1.29 is 4.39 Å². The minimum absolute atomic E-state index is 0.122. The molecule has 0 bridgehead atoms. The van der Waals surface area contributed by atoms with Gasteiger partial charge in [0, 0.05) is 17.3 Å². The molecule has 20 heavy (non-hydrogen) atoms. The number of halogens is 1. The lowest BCUT2D eigenvalue weighted by atomic mass is 9.98. The number of aromatic nitrogens is 1. The summed E-state index contributed by atoms with van der Waals surface area (Å²) >= 11 is 1.72. The Bertz CT molecular complexity index is 540. The highest BCUT2D eigenvalue weighted by molar-refractivity contribution is 7.09. The Morgan fingerprint density at radius 1 is 1.20 bits per heavy atom. The molecular weight excluding hydrogens is 271 g/mol. The van der Waals surface area contributed by atoms with Gasteiger partial charge in [0.05, 0.1) is 10.7 Å². The van der Waals surface area contributed by atoms with Gasteiger partial charge in [-0.2, -0.15) is 0 Å². The molecule has 0 saturated heterocycles. The normalized spacial score (nSPS) is 11.8. The van der Waals surface area contributed by atoms with Gasteiger partial charge in [0.25, 0.3) is 0 Å².